The predicted octanol–water partition coefficient (Wildman–Crippen LogP) is 2.03. The molecule has 0 saturated carbocycles. The first-order valence-corrected chi connectivity index (χ1v) is 6.54. The lowest BCUT2D eigenvalue weighted by Gasteiger charge is -2.07. The van der Waals surface area contributed by atoms with Crippen molar-refractivity contribution >= 4 is 17.3 Å². The third kappa shape index (κ3) is 3.02. The van der Waals surface area contributed by atoms with Crippen LogP contribution in [0.3, 0.4) is 0 Å². The van der Waals surface area contributed by atoms with Crippen LogP contribution >= 0.6 is 0 Å². The number of hydrogen-bond donors (Lipinski definition) is 2. The van der Waals surface area contributed by atoms with Crippen molar-refractivity contribution in [1.29, 1.82) is 0 Å². The lowest BCUT2D eigenvalue weighted by molar-refractivity contribution is -0.383. The van der Waals surface area contributed by atoms with E-state index in [1.807, 2.05) is 0 Å². The van der Waals surface area contributed by atoms with Crippen LogP contribution < -0.4 is 5.32 Å². The van der Waals surface area contributed by atoms with Gasteiger partial charge in [0, 0.05) is 17.2 Å². The smallest absolute Gasteiger partial charge is 0.293 e. The van der Waals surface area contributed by atoms with E-state index in [1.165, 1.54) is 12.1 Å². The van der Waals surface area contributed by atoms with Gasteiger partial charge in [0.2, 0.25) is 5.82 Å². The van der Waals surface area contributed by atoms with Crippen molar-refractivity contribution in [3.8, 4) is 11.4 Å². The van der Waals surface area contributed by atoms with Crippen LogP contribution in [-0.2, 0) is 0 Å². The van der Waals surface area contributed by atoms with Gasteiger partial charge in [-0.15, -0.1) is 10.2 Å². The normalized spacial score (nSPS) is 10.3. The molecular weight excluding hydrogens is 300 g/mol. The third-order valence-electron chi connectivity index (χ3n) is 3.08. The molecule has 2 aromatic carbocycles. The number of carbonyl (C=O) groups excluding carboxylic acids is 1. The van der Waals surface area contributed by atoms with Crippen molar-refractivity contribution in [1.82, 2.24) is 20.6 Å². The van der Waals surface area contributed by atoms with E-state index in [0.717, 1.165) is 0 Å². The van der Waals surface area contributed by atoms with Gasteiger partial charge in [-0.1, -0.05) is 18.2 Å². The molecule has 0 fully saturated rings. The third-order valence-corrected chi connectivity index (χ3v) is 3.08. The lowest BCUT2D eigenvalue weighted by atomic mass is 10.1. The molecule has 9 nitrogen and oxygen atoms in total. The Morgan fingerprint density at radius 3 is 2.61 bits per heavy atom. The maximum Gasteiger partial charge on any atom is 0.293 e. The number of anilines is 1. The Morgan fingerprint density at radius 1 is 1.17 bits per heavy atom. The highest BCUT2D eigenvalue weighted by molar-refractivity contribution is 6.05. The number of nitrogens with one attached hydrogen (secondary N) is 2. The number of nitrogens with zero attached hydrogens (tertiary/aromatic N) is 4. The van der Waals surface area contributed by atoms with Gasteiger partial charge in [0.15, 0.2) is 0 Å². The van der Waals surface area contributed by atoms with Gasteiger partial charge in [-0.05, 0) is 29.5 Å². The highest BCUT2D eigenvalue weighted by atomic mass is 16.6. The predicted molar refractivity (Wildman–Crippen MR) is 80.7 cm³/mol. The molecule has 0 bridgehead atoms. The van der Waals surface area contributed by atoms with Gasteiger partial charge < -0.3 is 5.32 Å². The van der Waals surface area contributed by atoms with Crippen LogP contribution in [-0.4, -0.2) is 31.5 Å². The van der Waals surface area contributed by atoms with Crippen molar-refractivity contribution in [3.05, 3.63) is 64.2 Å². The molecule has 9 heteroatoms. The summed E-state index contributed by atoms with van der Waals surface area (Å²) < 4.78 is 0. The minimum Gasteiger partial charge on any atom is -0.316 e. The van der Waals surface area contributed by atoms with Gasteiger partial charge in [0.25, 0.3) is 11.6 Å². The summed E-state index contributed by atoms with van der Waals surface area (Å²) in [7, 11) is 0. The van der Waals surface area contributed by atoms with Gasteiger partial charge in [-0.25, -0.2) is 0 Å². The quantitative estimate of drug-likeness (QED) is 0.560. The monoisotopic (exact) mass is 310 g/mol. The van der Waals surface area contributed by atoms with Crippen LogP contribution in [0.2, 0.25) is 0 Å². The first-order valence-electron chi connectivity index (χ1n) is 6.54. The zero-order chi connectivity index (χ0) is 16.2. The van der Waals surface area contributed by atoms with Crippen molar-refractivity contribution < 1.29 is 9.72 Å². The zero-order valence-corrected chi connectivity index (χ0v) is 11.6. The molecule has 1 amide bonds. The van der Waals surface area contributed by atoms with E-state index in [-0.39, 0.29) is 17.2 Å². The number of aromatic nitrogens is 4. The summed E-state index contributed by atoms with van der Waals surface area (Å²) in [5.74, 6) is -0.199. The van der Waals surface area contributed by atoms with E-state index in [9.17, 15) is 14.9 Å². The molecule has 3 aromatic rings. The molecule has 1 heterocycles. The molecule has 0 aliphatic rings. The Kier molecular flexibility index (Phi) is 3.75. The minimum atomic E-state index is -0.579. The van der Waals surface area contributed by atoms with E-state index in [0.29, 0.717) is 11.1 Å². The fourth-order valence-corrected chi connectivity index (χ4v) is 2.00. The molecule has 2 N–H and O–H groups in total. The maximum absolute atomic E-state index is 12.1. The van der Waals surface area contributed by atoms with Gasteiger partial charge in [-0.2, -0.15) is 5.21 Å². The van der Waals surface area contributed by atoms with Crippen molar-refractivity contribution in [2.45, 2.75) is 0 Å². The summed E-state index contributed by atoms with van der Waals surface area (Å²) in [5.41, 5.74) is 0.667. The molecule has 0 saturated heterocycles. The fourth-order valence-electron chi connectivity index (χ4n) is 2.00. The van der Waals surface area contributed by atoms with E-state index < -0.39 is 10.8 Å². The molecule has 0 radical (unpaired) electrons. The molecule has 0 aliphatic carbocycles. The second-order valence-electron chi connectivity index (χ2n) is 4.54. The Morgan fingerprint density at radius 2 is 1.96 bits per heavy atom. The van der Waals surface area contributed by atoms with E-state index >= 15 is 0 Å². The molecule has 0 unspecified atom stereocenters. The SMILES string of the molecule is O=C(Nc1ccc(-c2nn[nH]n2)cc1[N+](=O)[O-])c1ccccc1. The van der Waals surface area contributed by atoms with E-state index in [1.54, 1.807) is 36.4 Å². The van der Waals surface area contributed by atoms with Crippen molar-refractivity contribution in [3.63, 3.8) is 0 Å². The largest absolute Gasteiger partial charge is 0.316 e. The average Bonchev–Trinajstić information content (AvgIpc) is 3.10. The van der Waals surface area contributed by atoms with Crippen LogP contribution in [0.15, 0.2) is 48.5 Å². The van der Waals surface area contributed by atoms with Gasteiger partial charge in [-0.3, -0.25) is 14.9 Å². The van der Waals surface area contributed by atoms with Crippen LogP contribution in [0, 0.1) is 10.1 Å². The molecule has 114 valence electrons. The van der Waals surface area contributed by atoms with Crippen LogP contribution in [0.25, 0.3) is 11.4 Å². The first kappa shape index (κ1) is 14.3. The molecule has 23 heavy (non-hydrogen) atoms. The number of rotatable bonds is 4. The topological polar surface area (TPSA) is 127 Å². The second kappa shape index (κ2) is 6.02. The molecule has 0 atom stereocenters. The summed E-state index contributed by atoms with van der Waals surface area (Å²) in [5, 5.41) is 27.0. The van der Waals surface area contributed by atoms with Crippen LogP contribution in [0.5, 0.6) is 0 Å². The standard InChI is InChI=1S/C14H10N6O3/c21-14(9-4-2-1-3-5-9)15-11-7-6-10(8-12(11)20(22)23)13-16-18-19-17-13/h1-8H,(H,15,21)(H,16,17,18,19). The van der Waals surface area contributed by atoms with Crippen LogP contribution in [0.1, 0.15) is 10.4 Å². The van der Waals surface area contributed by atoms with Crippen LogP contribution in [0.4, 0.5) is 11.4 Å². The summed E-state index contributed by atoms with van der Waals surface area (Å²) in [6.45, 7) is 0. The summed E-state index contributed by atoms with van der Waals surface area (Å²) >= 11 is 0. The number of benzene rings is 2. The average molecular weight is 310 g/mol. The number of aromatic amines is 1. The second-order valence-corrected chi connectivity index (χ2v) is 4.54. The molecule has 1 aromatic heterocycles. The number of nitro benzene ring substituents is 1. The van der Waals surface area contributed by atoms with Crippen molar-refractivity contribution in [2.24, 2.45) is 0 Å². The first-order chi connectivity index (χ1) is 11.1. The summed E-state index contributed by atoms with van der Waals surface area (Å²) in [4.78, 5) is 22.8. The fraction of sp³-hybridized carbons (Fsp3) is 0. The molecule has 0 aliphatic heterocycles. The maximum atomic E-state index is 12.1. The Balaban J connectivity index is 1.93. The van der Waals surface area contributed by atoms with Gasteiger partial charge >= 0.3 is 0 Å². The molecular formula is C14H10N6O3. The molecule has 3 rings (SSSR count). The number of H-pyrrole nitrogens is 1. The Hall–Kier alpha value is -3.62. The zero-order valence-electron chi connectivity index (χ0n) is 11.6. The number of carbonyl (C=O) groups is 1. The van der Waals surface area contributed by atoms with Gasteiger partial charge in [0.1, 0.15) is 5.69 Å². The number of hydrogen-bond acceptors (Lipinski definition) is 6. The molecule has 0 spiro atoms. The minimum absolute atomic E-state index is 0.0936. The number of nitro groups is 1. The lowest BCUT2D eigenvalue weighted by Crippen LogP contribution is -2.13. The van der Waals surface area contributed by atoms with E-state index in [2.05, 4.69) is 25.9 Å². The Bertz CT molecular complexity index is 848. The highest BCUT2D eigenvalue weighted by Crippen LogP contribution is 2.29. The highest BCUT2D eigenvalue weighted by Gasteiger charge is 2.19. The van der Waals surface area contributed by atoms with E-state index in [4.69, 9.17) is 0 Å². The summed E-state index contributed by atoms with van der Waals surface area (Å²) in [6, 6.07) is 12.7. The van der Waals surface area contributed by atoms with Crippen molar-refractivity contribution in [2.75, 3.05) is 5.32 Å². The van der Waals surface area contributed by atoms with Gasteiger partial charge in [0.05, 0.1) is 4.92 Å². The Labute approximate surface area is 129 Å². The summed E-state index contributed by atoms with van der Waals surface area (Å²) in [6.07, 6.45) is 0. The number of tetrazole rings is 1. The number of amides is 1.